The number of carboxylic acid groups (broad SMARTS) is 1. The predicted octanol–water partition coefficient (Wildman–Crippen LogP) is 1.72. The Kier molecular flexibility index (Phi) is 4.65. The lowest BCUT2D eigenvalue weighted by molar-refractivity contribution is -0.138. The number of carbonyl (C=O) groups is 1. The van der Waals surface area contributed by atoms with Crippen molar-refractivity contribution in [2.24, 2.45) is 5.73 Å². The molecule has 2 atom stereocenters. The van der Waals surface area contributed by atoms with Crippen molar-refractivity contribution in [2.45, 2.75) is 24.0 Å². The Morgan fingerprint density at radius 1 is 1.47 bits per heavy atom. The van der Waals surface area contributed by atoms with Crippen LogP contribution in [0.15, 0.2) is 30.3 Å². The molecule has 3 N–H and O–H groups in total. The number of benzene rings is 1. The standard InChI is InChI=1S/C11H15NO2S/c1-8(10(12)11(13)14)15-7-9-5-3-2-4-6-9/h2-6,8,10H,7,12H2,1H3,(H,13,14). The molecule has 3 nitrogen and oxygen atoms in total. The maximum atomic E-state index is 10.6. The van der Waals surface area contributed by atoms with E-state index in [2.05, 4.69) is 0 Å². The highest BCUT2D eigenvalue weighted by molar-refractivity contribution is 7.99. The SMILES string of the molecule is CC(SCc1ccccc1)C(N)C(=O)O. The number of aliphatic carboxylic acids is 1. The maximum absolute atomic E-state index is 10.6. The molecule has 0 amide bonds. The number of hydrogen-bond donors (Lipinski definition) is 2. The normalized spacial score (nSPS) is 14.5. The molecule has 0 aliphatic carbocycles. The monoisotopic (exact) mass is 225 g/mol. The predicted molar refractivity (Wildman–Crippen MR) is 62.8 cm³/mol. The fourth-order valence-electron chi connectivity index (χ4n) is 1.11. The summed E-state index contributed by atoms with van der Waals surface area (Å²) in [5.41, 5.74) is 6.69. The lowest BCUT2D eigenvalue weighted by atomic mass is 10.2. The molecule has 2 unspecified atom stereocenters. The second-order valence-electron chi connectivity index (χ2n) is 3.37. The van der Waals surface area contributed by atoms with Gasteiger partial charge in [-0.2, -0.15) is 11.8 Å². The zero-order valence-corrected chi connectivity index (χ0v) is 9.41. The van der Waals surface area contributed by atoms with E-state index in [1.807, 2.05) is 37.3 Å². The van der Waals surface area contributed by atoms with Crippen LogP contribution >= 0.6 is 11.8 Å². The van der Waals surface area contributed by atoms with E-state index >= 15 is 0 Å². The van der Waals surface area contributed by atoms with Crippen LogP contribution in [-0.2, 0) is 10.5 Å². The first-order valence-electron chi connectivity index (χ1n) is 4.75. The van der Waals surface area contributed by atoms with E-state index < -0.39 is 12.0 Å². The molecular formula is C11H15NO2S. The molecule has 0 aliphatic heterocycles. The van der Waals surface area contributed by atoms with Crippen LogP contribution in [-0.4, -0.2) is 22.4 Å². The molecule has 82 valence electrons. The quantitative estimate of drug-likeness (QED) is 0.801. The maximum Gasteiger partial charge on any atom is 0.321 e. The van der Waals surface area contributed by atoms with Gasteiger partial charge in [0.05, 0.1) is 0 Å². The third-order valence-corrected chi connectivity index (χ3v) is 3.47. The average molecular weight is 225 g/mol. The van der Waals surface area contributed by atoms with Crippen LogP contribution in [0.4, 0.5) is 0 Å². The minimum Gasteiger partial charge on any atom is -0.480 e. The zero-order chi connectivity index (χ0) is 11.3. The van der Waals surface area contributed by atoms with Crippen molar-refractivity contribution in [3.05, 3.63) is 35.9 Å². The van der Waals surface area contributed by atoms with Gasteiger partial charge in [0.25, 0.3) is 0 Å². The van der Waals surface area contributed by atoms with Gasteiger partial charge in [-0.25, -0.2) is 0 Å². The van der Waals surface area contributed by atoms with Crippen molar-refractivity contribution in [3.63, 3.8) is 0 Å². The van der Waals surface area contributed by atoms with Gasteiger partial charge in [0.2, 0.25) is 0 Å². The molecule has 0 aliphatic rings. The van der Waals surface area contributed by atoms with E-state index in [9.17, 15) is 4.79 Å². The highest BCUT2D eigenvalue weighted by atomic mass is 32.2. The summed E-state index contributed by atoms with van der Waals surface area (Å²) in [6, 6.07) is 9.15. The molecule has 0 spiro atoms. The van der Waals surface area contributed by atoms with Gasteiger partial charge in [-0.05, 0) is 5.56 Å². The Bertz CT molecular complexity index is 316. The highest BCUT2D eigenvalue weighted by Gasteiger charge is 2.19. The Hall–Kier alpha value is -1.00. The fourth-order valence-corrected chi connectivity index (χ4v) is 2.08. The molecule has 0 saturated heterocycles. The zero-order valence-electron chi connectivity index (χ0n) is 8.59. The molecule has 0 saturated carbocycles. The van der Waals surface area contributed by atoms with Crippen LogP contribution in [0.1, 0.15) is 12.5 Å². The van der Waals surface area contributed by atoms with Crippen LogP contribution in [0.2, 0.25) is 0 Å². The van der Waals surface area contributed by atoms with E-state index in [-0.39, 0.29) is 5.25 Å². The molecule has 0 aromatic heterocycles. The third-order valence-electron chi connectivity index (χ3n) is 2.15. The van der Waals surface area contributed by atoms with Crippen LogP contribution < -0.4 is 5.73 Å². The van der Waals surface area contributed by atoms with E-state index in [1.165, 1.54) is 5.56 Å². The van der Waals surface area contributed by atoms with Gasteiger partial charge in [-0.1, -0.05) is 37.3 Å². The first kappa shape index (κ1) is 12.1. The van der Waals surface area contributed by atoms with Gasteiger partial charge in [0, 0.05) is 11.0 Å². The number of nitrogens with two attached hydrogens (primary N) is 1. The molecule has 0 heterocycles. The van der Waals surface area contributed by atoms with E-state index in [4.69, 9.17) is 10.8 Å². The van der Waals surface area contributed by atoms with Crippen molar-refractivity contribution in [3.8, 4) is 0 Å². The number of carboxylic acids is 1. The van der Waals surface area contributed by atoms with Crippen molar-refractivity contribution < 1.29 is 9.90 Å². The smallest absolute Gasteiger partial charge is 0.321 e. The summed E-state index contributed by atoms with van der Waals surface area (Å²) in [6.07, 6.45) is 0. The number of thioether (sulfide) groups is 1. The van der Waals surface area contributed by atoms with Gasteiger partial charge < -0.3 is 10.8 Å². The Morgan fingerprint density at radius 3 is 2.60 bits per heavy atom. The van der Waals surface area contributed by atoms with Gasteiger partial charge in [0.1, 0.15) is 6.04 Å². The van der Waals surface area contributed by atoms with E-state index in [1.54, 1.807) is 11.8 Å². The summed E-state index contributed by atoms with van der Waals surface area (Å²) in [6.45, 7) is 1.84. The highest BCUT2D eigenvalue weighted by Crippen LogP contribution is 2.19. The van der Waals surface area contributed by atoms with E-state index in [0.29, 0.717) is 0 Å². The lowest BCUT2D eigenvalue weighted by Crippen LogP contribution is -2.38. The van der Waals surface area contributed by atoms with E-state index in [0.717, 1.165) is 5.75 Å². The molecule has 0 radical (unpaired) electrons. The van der Waals surface area contributed by atoms with Crippen molar-refractivity contribution >= 4 is 17.7 Å². The molecule has 1 aromatic carbocycles. The molecule has 0 fully saturated rings. The summed E-state index contributed by atoms with van der Waals surface area (Å²) in [7, 11) is 0. The third kappa shape index (κ3) is 3.93. The first-order chi connectivity index (χ1) is 7.11. The first-order valence-corrected chi connectivity index (χ1v) is 5.80. The average Bonchev–Trinajstić information content (AvgIpc) is 2.26. The molecule has 15 heavy (non-hydrogen) atoms. The summed E-state index contributed by atoms with van der Waals surface area (Å²) in [4.78, 5) is 10.6. The number of rotatable bonds is 5. The summed E-state index contributed by atoms with van der Waals surface area (Å²) >= 11 is 1.56. The van der Waals surface area contributed by atoms with Gasteiger partial charge in [-0.15, -0.1) is 0 Å². The van der Waals surface area contributed by atoms with Crippen molar-refractivity contribution in [2.75, 3.05) is 0 Å². The Balaban J connectivity index is 2.41. The minimum absolute atomic E-state index is 0.0808. The van der Waals surface area contributed by atoms with Crippen LogP contribution in [0.3, 0.4) is 0 Å². The molecule has 1 rings (SSSR count). The van der Waals surface area contributed by atoms with Crippen molar-refractivity contribution in [1.29, 1.82) is 0 Å². The second-order valence-corrected chi connectivity index (χ2v) is 4.73. The lowest BCUT2D eigenvalue weighted by Gasteiger charge is -2.15. The van der Waals surface area contributed by atoms with Crippen LogP contribution in [0, 0.1) is 0 Å². The van der Waals surface area contributed by atoms with Crippen LogP contribution in [0.25, 0.3) is 0 Å². The Morgan fingerprint density at radius 2 is 2.07 bits per heavy atom. The largest absolute Gasteiger partial charge is 0.480 e. The minimum atomic E-state index is -0.942. The molecule has 4 heteroatoms. The molecule has 0 bridgehead atoms. The summed E-state index contributed by atoms with van der Waals surface area (Å²) < 4.78 is 0. The summed E-state index contributed by atoms with van der Waals surface area (Å²) in [5.74, 6) is -0.147. The van der Waals surface area contributed by atoms with Gasteiger partial charge in [-0.3, -0.25) is 4.79 Å². The fraction of sp³-hybridized carbons (Fsp3) is 0.364. The van der Waals surface area contributed by atoms with Gasteiger partial charge in [0.15, 0.2) is 0 Å². The summed E-state index contributed by atoms with van der Waals surface area (Å²) in [5, 5.41) is 8.63. The Labute approximate surface area is 93.7 Å². The van der Waals surface area contributed by atoms with Gasteiger partial charge >= 0.3 is 5.97 Å². The molecule has 1 aromatic rings. The molecular weight excluding hydrogens is 210 g/mol. The topological polar surface area (TPSA) is 63.3 Å². The second kappa shape index (κ2) is 5.78. The van der Waals surface area contributed by atoms with Crippen LogP contribution in [0.5, 0.6) is 0 Å². The van der Waals surface area contributed by atoms with Crippen molar-refractivity contribution in [1.82, 2.24) is 0 Å². The number of hydrogen-bond acceptors (Lipinski definition) is 3.